The van der Waals surface area contributed by atoms with E-state index >= 15 is 0 Å². The van der Waals surface area contributed by atoms with Crippen LogP contribution in [-0.2, 0) is 12.0 Å². The SMILES string of the molecule is CC(C)(C)c1ccc(-c2nnc(SCCn3cncn3)n2C2CCCCC2)cc1. The molecule has 0 saturated heterocycles. The summed E-state index contributed by atoms with van der Waals surface area (Å²) in [5.41, 5.74) is 2.64. The van der Waals surface area contributed by atoms with Crippen LogP contribution in [0.2, 0.25) is 0 Å². The molecule has 0 bridgehead atoms. The summed E-state index contributed by atoms with van der Waals surface area (Å²) >= 11 is 1.76. The first-order chi connectivity index (χ1) is 14.0. The van der Waals surface area contributed by atoms with Gasteiger partial charge in [0, 0.05) is 17.4 Å². The van der Waals surface area contributed by atoms with Crippen LogP contribution in [0, 0.1) is 0 Å². The number of hydrogen-bond acceptors (Lipinski definition) is 5. The fourth-order valence-corrected chi connectivity index (χ4v) is 4.87. The third-order valence-electron chi connectivity index (χ3n) is 5.63. The second kappa shape index (κ2) is 8.69. The van der Waals surface area contributed by atoms with Crippen LogP contribution >= 0.6 is 11.8 Å². The van der Waals surface area contributed by atoms with Gasteiger partial charge >= 0.3 is 0 Å². The maximum absolute atomic E-state index is 4.63. The van der Waals surface area contributed by atoms with Crippen molar-refractivity contribution in [1.29, 1.82) is 0 Å². The Hall–Kier alpha value is -2.15. The molecule has 0 atom stereocenters. The second-order valence-electron chi connectivity index (χ2n) is 8.80. The predicted molar refractivity (Wildman–Crippen MR) is 117 cm³/mol. The van der Waals surface area contributed by atoms with Gasteiger partial charge in [-0.3, -0.25) is 9.25 Å². The Kier molecular flexibility index (Phi) is 6.04. The highest BCUT2D eigenvalue weighted by Crippen LogP contribution is 2.36. The molecule has 1 aromatic carbocycles. The Bertz CT molecular complexity index is 902. The van der Waals surface area contributed by atoms with Gasteiger partial charge in [0.1, 0.15) is 12.7 Å². The van der Waals surface area contributed by atoms with E-state index in [-0.39, 0.29) is 5.41 Å². The fourth-order valence-electron chi connectivity index (χ4n) is 3.94. The lowest BCUT2D eigenvalue weighted by Gasteiger charge is -2.26. The number of rotatable bonds is 6. The quantitative estimate of drug-likeness (QED) is 0.527. The summed E-state index contributed by atoms with van der Waals surface area (Å²) in [6.07, 6.45) is 9.66. The van der Waals surface area contributed by atoms with Crippen LogP contribution in [0.1, 0.15) is 64.5 Å². The van der Waals surface area contributed by atoms with Gasteiger partial charge in [0.25, 0.3) is 0 Å². The molecule has 29 heavy (non-hydrogen) atoms. The molecule has 6 nitrogen and oxygen atoms in total. The molecule has 4 rings (SSSR count). The Morgan fingerprint density at radius 3 is 2.45 bits per heavy atom. The average Bonchev–Trinajstić information content (AvgIpc) is 3.38. The van der Waals surface area contributed by atoms with Gasteiger partial charge in [0.05, 0.1) is 6.54 Å². The van der Waals surface area contributed by atoms with Gasteiger partial charge in [-0.1, -0.05) is 76.1 Å². The van der Waals surface area contributed by atoms with Crippen molar-refractivity contribution in [1.82, 2.24) is 29.5 Å². The lowest BCUT2D eigenvalue weighted by atomic mass is 9.86. The van der Waals surface area contributed by atoms with Crippen LogP contribution in [-0.4, -0.2) is 35.3 Å². The highest BCUT2D eigenvalue weighted by Gasteiger charge is 2.24. The van der Waals surface area contributed by atoms with Crippen LogP contribution in [0.15, 0.2) is 42.1 Å². The zero-order valence-corrected chi connectivity index (χ0v) is 18.4. The summed E-state index contributed by atoms with van der Waals surface area (Å²) < 4.78 is 4.26. The third-order valence-corrected chi connectivity index (χ3v) is 6.55. The molecule has 0 aliphatic heterocycles. The molecule has 0 radical (unpaired) electrons. The average molecular weight is 411 g/mol. The van der Waals surface area contributed by atoms with Gasteiger partial charge in [0.2, 0.25) is 0 Å². The van der Waals surface area contributed by atoms with Crippen molar-refractivity contribution in [3.05, 3.63) is 42.5 Å². The van der Waals surface area contributed by atoms with Crippen LogP contribution in [0.4, 0.5) is 0 Å². The lowest BCUT2D eigenvalue weighted by Crippen LogP contribution is -2.15. The molecule has 0 unspecified atom stereocenters. The van der Waals surface area contributed by atoms with Crippen molar-refractivity contribution in [3.8, 4) is 11.4 Å². The zero-order chi connectivity index (χ0) is 20.3. The molecular weight excluding hydrogens is 380 g/mol. The van der Waals surface area contributed by atoms with Crippen molar-refractivity contribution < 1.29 is 0 Å². The molecule has 7 heteroatoms. The molecule has 1 saturated carbocycles. The van der Waals surface area contributed by atoms with E-state index in [4.69, 9.17) is 0 Å². The van der Waals surface area contributed by atoms with Crippen molar-refractivity contribution in [2.75, 3.05) is 5.75 Å². The lowest BCUT2D eigenvalue weighted by molar-refractivity contribution is 0.339. The molecule has 0 amide bonds. The van der Waals surface area contributed by atoms with Crippen molar-refractivity contribution >= 4 is 11.8 Å². The molecule has 1 aliphatic carbocycles. The van der Waals surface area contributed by atoms with Gasteiger partial charge in [-0.25, -0.2) is 4.98 Å². The maximum Gasteiger partial charge on any atom is 0.191 e. The number of benzene rings is 1. The first-order valence-electron chi connectivity index (χ1n) is 10.5. The first-order valence-corrected chi connectivity index (χ1v) is 11.5. The minimum Gasteiger partial charge on any atom is -0.299 e. The monoisotopic (exact) mass is 410 g/mol. The fraction of sp³-hybridized carbons (Fsp3) is 0.545. The van der Waals surface area contributed by atoms with Crippen molar-refractivity contribution in [2.24, 2.45) is 0 Å². The second-order valence-corrected chi connectivity index (χ2v) is 9.86. The third kappa shape index (κ3) is 4.71. The van der Waals surface area contributed by atoms with Gasteiger partial charge in [-0.2, -0.15) is 5.10 Å². The Labute approximate surface area is 177 Å². The molecule has 1 aliphatic rings. The maximum atomic E-state index is 4.63. The van der Waals surface area contributed by atoms with E-state index in [1.807, 2.05) is 4.68 Å². The molecule has 3 aromatic rings. The minimum atomic E-state index is 0.151. The van der Waals surface area contributed by atoms with Gasteiger partial charge < -0.3 is 0 Å². The summed E-state index contributed by atoms with van der Waals surface area (Å²) in [6, 6.07) is 9.35. The van der Waals surface area contributed by atoms with Crippen LogP contribution in [0.25, 0.3) is 11.4 Å². The minimum absolute atomic E-state index is 0.151. The summed E-state index contributed by atoms with van der Waals surface area (Å²) in [7, 11) is 0. The molecule has 2 aromatic heterocycles. The first kappa shape index (κ1) is 20.1. The molecule has 1 fully saturated rings. The van der Waals surface area contributed by atoms with Gasteiger partial charge in [-0.05, 0) is 23.8 Å². The standard InChI is InChI=1S/C22H30N6S/c1-22(2,3)18-11-9-17(10-12-18)20-25-26-21(28(20)19-7-5-4-6-8-19)29-14-13-27-16-23-15-24-27/h9-12,15-16,19H,4-8,13-14H2,1-3H3. The molecule has 0 spiro atoms. The normalized spacial score (nSPS) is 15.7. The van der Waals surface area contributed by atoms with E-state index in [2.05, 4.69) is 69.9 Å². The predicted octanol–water partition coefficient (Wildman–Crippen LogP) is 5.13. The van der Waals surface area contributed by atoms with E-state index in [0.29, 0.717) is 6.04 Å². The van der Waals surface area contributed by atoms with E-state index in [0.717, 1.165) is 28.8 Å². The topological polar surface area (TPSA) is 61.4 Å². The highest BCUT2D eigenvalue weighted by atomic mass is 32.2. The molecule has 0 N–H and O–H groups in total. The summed E-state index contributed by atoms with van der Waals surface area (Å²) in [4.78, 5) is 4.02. The number of aromatic nitrogens is 6. The Morgan fingerprint density at radius 1 is 1.03 bits per heavy atom. The Morgan fingerprint density at radius 2 is 1.79 bits per heavy atom. The van der Waals surface area contributed by atoms with Crippen LogP contribution in [0.5, 0.6) is 0 Å². The number of aryl methyl sites for hydroxylation is 1. The molecular formula is C22H30N6S. The molecule has 2 heterocycles. The van der Waals surface area contributed by atoms with Gasteiger partial charge in [0.15, 0.2) is 11.0 Å². The van der Waals surface area contributed by atoms with E-state index in [1.165, 1.54) is 37.7 Å². The Balaban J connectivity index is 1.59. The summed E-state index contributed by atoms with van der Waals surface area (Å²) in [6.45, 7) is 7.56. The number of thioether (sulfide) groups is 1. The van der Waals surface area contributed by atoms with E-state index in [1.54, 1.807) is 24.4 Å². The van der Waals surface area contributed by atoms with Crippen molar-refractivity contribution in [3.63, 3.8) is 0 Å². The molecule has 154 valence electrons. The number of hydrogen-bond donors (Lipinski definition) is 0. The largest absolute Gasteiger partial charge is 0.299 e. The summed E-state index contributed by atoms with van der Waals surface area (Å²) in [5, 5.41) is 14.4. The van der Waals surface area contributed by atoms with Gasteiger partial charge in [-0.15, -0.1) is 10.2 Å². The number of nitrogens with zero attached hydrogens (tertiary/aromatic N) is 6. The highest BCUT2D eigenvalue weighted by molar-refractivity contribution is 7.99. The van der Waals surface area contributed by atoms with Crippen molar-refractivity contribution in [2.45, 2.75) is 76.0 Å². The van der Waals surface area contributed by atoms with E-state index in [9.17, 15) is 0 Å². The van der Waals surface area contributed by atoms with Crippen LogP contribution in [0.3, 0.4) is 0 Å². The van der Waals surface area contributed by atoms with E-state index < -0.39 is 0 Å². The summed E-state index contributed by atoms with van der Waals surface area (Å²) in [5.74, 6) is 1.90. The van der Waals surface area contributed by atoms with Crippen LogP contribution < -0.4 is 0 Å². The smallest absolute Gasteiger partial charge is 0.191 e. The zero-order valence-electron chi connectivity index (χ0n) is 17.6.